The van der Waals surface area contributed by atoms with Crippen molar-refractivity contribution in [3.05, 3.63) is 53.8 Å². The highest BCUT2D eigenvalue weighted by atomic mass is 19.1. The molecule has 0 amide bonds. The fourth-order valence-corrected chi connectivity index (χ4v) is 4.10. The third-order valence-corrected chi connectivity index (χ3v) is 5.77. The number of carbonyl (C=O) groups is 1. The molecule has 0 saturated heterocycles. The molecule has 0 aliphatic heterocycles. The lowest BCUT2D eigenvalue weighted by Gasteiger charge is -2.35. The first-order valence-electron chi connectivity index (χ1n) is 9.98. The fourth-order valence-electron chi connectivity index (χ4n) is 4.10. The van der Waals surface area contributed by atoms with Crippen molar-refractivity contribution in [3.8, 4) is 16.9 Å². The highest BCUT2D eigenvalue weighted by Gasteiger charge is 2.31. The molecule has 2 aliphatic carbocycles. The number of hydrogen-bond acceptors (Lipinski definition) is 3. The largest absolute Gasteiger partial charge is 0.490 e. The Morgan fingerprint density at radius 3 is 2.43 bits per heavy atom. The van der Waals surface area contributed by atoms with E-state index in [0.29, 0.717) is 11.5 Å². The van der Waals surface area contributed by atoms with Crippen molar-refractivity contribution in [2.24, 2.45) is 0 Å². The number of carboxylic acids is 1. The highest BCUT2D eigenvalue weighted by Crippen LogP contribution is 2.39. The van der Waals surface area contributed by atoms with Gasteiger partial charge in [-0.3, -0.25) is 0 Å². The molecule has 1 N–H and O–H groups in total. The average molecular weight is 384 g/mol. The summed E-state index contributed by atoms with van der Waals surface area (Å²) in [6.07, 6.45) is 6.45. The average Bonchev–Trinajstić information content (AvgIpc) is 3.15. The summed E-state index contributed by atoms with van der Waals surface area (Å²) in [6.45, 7) is -0.241. The first-order valence-corrected chi connectivity index (χ1v) is 9.98. The van der Waals surface area contributed by atoms with E-state index in [2.05, 4.69) is 0 Å². The summed E-state index contributed by atoms with van der Waals surface area (Å²) < 4.78 is 25.7. The Morgan fingerprint density at radius 1 is 1.04 bits per heavy atom. The van der Waals surface area contributed by atoms with E-state index in [1.165, 1.54) is 24.5 Å². The van der Waals surface area contributed by atoms with Crippen molar-refractivity contribution in [3.63, 3.8) is 0 Å². The van der Waals surface area contributed by atoms with Gasteiger partial charge in [-0.15, -0.1) is 0 Å². The van der Waals surface area contributed by atoms with Crippen LogP contribution < -0.4 is 4.74 Å². The predicted molar refractivity (Wildman–Crippen MR) is 104 cm³/mol. The zero-order valence-corrected chi connectivity index (χ0v) is 15.8. The Morgan fingerprint density at radius 2 is 1.75 bits per heavy atom. The Labute approximate surface area is 164 Å². The summed E-state index contributed by atoms with van der Waals surface area (Å²) in [4.78, 5) is 10.6. The van der Waals surface area contributed by atoms with E-state index in [0.717, 1.165) is 37.0 Å². The van der Waals surface area contributed by atoms with E-state index in [1.807, 2.05) is 24.3 Å². The number of rotatable bonds is 7. The standard InChI is InChI=1S/C23H25FO4/c24-22-10-9-19(28-18-3-1-2-4-18)13-21(22)16-7-5-15(6-8-16)17-11-20(12-17)27-14-23(25)26/h5-10,13,17-18,20H,1-4,11-12,14H2,(H,25,26)/t17-,20+. The van der Waals surface area contributed by atoms with Gasteiger partial charge in [-0.05, 0) is 73.8 Å². The minimum absolute atomic E-state index is 0.0163. The fraction of sp³-hybridized carbons (Fsp3) is 0.435. The Bertz CT molecular complexity index is 821. The zero-order chi connectivity index (χ0) is 19.5. The van der Waals surface area contributed by atoms with Crippen molar-refractivity contribution in [1.29, 1.82) is 0 Å². The molecule has 5 heteroatoms. The quantitative estimate of drug-likeness (QED) is 0.716. The number of hydrogen-bond donors (Lipinski definition) is 1. The van der Waals surface area contributed by atoms with Crippen LogP contribution in [0.5, 0.6) is 5.75 Å². The first-order chi connectivity index (χ1) is 13.6. The second-order valence-corrected chi connectivity index (χ2v) is 7.78. The van der Waals surface area contributed by atoms with Gasteiger partial charge in [0.2, 0.25) is 0 Å². The molecule has 0 unspecified atom stereocenters. The van der Waals surface area contributed by atoms with Gasteiger partial charge < -0.3 is 14.6 Å². The van der Waals surface area contributed by atoms with Gasteiger partial charge in [-0.2, -0.15) is 0 Å². The normalized spacial score (nSPS) is 22.0. The van der Waals surface area contributed by atoms with Crippen molar-refractivity contribution >= 4 is 5.97 Å². The maximum Gasteiger partial charge on any atom is 0.329 e. The van der Waals surface area contributed by atoms with E-state index >= 15 is 0 Å². The van der Waals surface area contributed by atoms with Crippen LogP contribution in [0.4, 0.5) is 4.39 Å². The van der Waals surface area contributed by atoms with Crippen molar-refractivity contribution in [2.75, 3.05) is 6.61 Å². The van der Waals surface area contributed by atoms with E-state index in [-0.39, 0.29) is 24.6 Å². The smallest absolute Gasteiger partial charge is 0.329 e. The minimum atomic E-state index is -0.936. The number of carboxylic acid groups (broad SMARTS) is 1. The second kappa shape index (κ2) is 8.31. The third-order valence-electron chi connectivity index (χ3n) is 5.77. The van der Waals surface area contributed by atoms with Crippen molar-refractivity contribution in [1.82, 2.24) is 0 Å². The molecule has 2 aromatic rings. The highest BCUT2D eigenvalue weighted by molar-refractivity contribution is 5.68. The van der Waals surface area contributed by atoms with Gasteiger partial charge >= 0.3 is 5.97 Å². The maximum atomic E-state index is 14.4. The van der Waals surface area contributed by atoms with Crippen LogP contribution >= 0.6 is 0 Å². The van der Waals surface area contributed by atoms with Crippen molar-refractivity contribution in [2.45, 2.75) is 56.7 Å². The molecule has 28 heavy (non-hydrogen) atoms. The molecule has 0 radical (unpaired) electrons. The van der Waals surface area contributed by atoms with E-state index < -0.39 is 5.97 Å². The molecule has 0 atom stereocenters. The molecule has 2 aliphatic rings. The molecule has 4 nitrogen and oxygen atoms in total. The molecular formula is C23H25FO4. The molecule has 2 fully saturated rings. The van der Waals surface area contributed by atoms with Crippen molar-refractivity contribution < 1.29 is 23.8 Å². The third kappa shape index (κ3) is 4.36. The lowest BCUT2D eigenvalue weighted by atomic mass is 9.77. The SMILES string of the molecule is O=C(O)CO[C@H]1C[C@@H](c2ccc(-c3cc(OC4CCCC4)ccc3F)cc2)C1. The molecule has 2 saturated carbocycles. The van der Waals surface area contributed by atoms with Gasteiger partial charge in [0.1, 0.15) is 18.2 Å². The second-order valence-electron chi connectivity index (χ2n) is 7.78. The summed E-state index contributed by atoms with van der Waals surface area (Å²) >= 11 is 0. The number of halogens is 1. The molecule has 0 heterocycles. The summed E-state index contributed by atoms with van der Waals surface area (Å²) in [5, 5.41) is 8.66. The van der Waals surface area contributed by atoms with Crippen LogP contribution in [0.3, 0.4) is 0 Å². The van der Waals surface area contributed by atoms with Gasteiger partial charge in [0.15, 0.2) is 0 Å². The van der Waals surface area contributed by atoms with Crippen LogP contribution in [0.2, 0.25) is 0 Å². The van der Waals surface area contributed by atoms with Crippen LogP contribution in [0, 0.1) is 5.82 Å². The maximum absolute atomic E-state index is 14.4. The Balaban J connectivity index is 1.40. The number of aliphatic carboxylic acids is 1. The van der Waals surface area contributed by atoms with Gasteiger partial charge in [0.25, 0.3) is 0 Å². The number of ether oxygens (including phenoxy) is 2. The van der Waals surface area contributed by atoms with E-state index in [9.17, 15) is 9.18 Å². The Kier molecular flexibility index (Phi) is 5.62. The van der Waals surface area contributed by atoms with Crippen LogP contribution in [-0.2, 0) is 9.53 Å². The van der Waals surface area contributed by atoms with Gasteiger partial charge in [0, 0.05) is 5.56 Å². The van der Waals surface area contributed by atoms with Gasteiger partial charge in [-0.1, -0.05) is 24.3 Å². The van der Waals surface area contributed by atoms with Crippen LogP contribution in [0.25, 0.3) is 11.1 Å². The summed E-state index contributed by atoms with van der Waals surface area (Å²) in [5.41, 5.74) is 2.56. The molecule has 0 spiro atoms. The Hall–Kier alpha value is -2.40. The summed E-state index contributed by atoms with van der Waals surface area (Å²) in [6, 6.07) is 12.9. The van der Waals surface area contributed by atoms with Crippen LogP contribution in [0.15, 0.2) is 42.5 Å². The summed E-state index contributed by atoms with van der Waals surface area (Å²) in [5.74, 6) is -0.0919. The molecule has 4 rings (SSSR count). The van der Waals surface area contributed by atoms with Gasteiger partial charge in [-0.25, -0.2) is 9.18 Å². The molecule has 0 bridgehead atoms. The summed E-state index contributed by atoms with van der Waals surface area (Å²) in [7, 11) is 0. The zero-order valence-electron chi connectivity index (χ0n) is 15.8. The van der Waals surface area contributed by atoms with Crippen LogP contribution in [0.1, 0.15) is 50.0 Å². The predicted octanol–water partition coefficient (Wildman–Crippen LogP) is 5.16. The number of benzene rings is 2. The molecule has 0 aromatic heterocycles. The first kappa shape index (κ1) is 18.9. The topological polar surface area (TPSA) is 55.8 Å². The van der Waals surface area contributed by atoms with Gasteiger partial charge in [0.05, 0.1) is 12.2 Å². The van der Waals surface area contributed by atoms with E-state index in [1.54, 1.807) is 12.1 Å². The monoisotopic (exact) mass is 384 g/mol. The molecule has 148 valence electrons. The molecular weight excluding hydrogens is 359 g/mol. The van der Waals surface area contributed by atoms with Crippen LogP contribution in [-0.4, -0.2) is 29.9 Å². The molecule has 2 aromatic carbocycles. The lowest BCUT2D eigenvalue weighted by Crippen LogP contribution is -2.31. The van der Waals surface area contributed by atoms with E-state index in [4.69, 9.17) is 14.6 Å². The lowest BCUT2D eigenvalue weighted by molar-refractivity contribution is -0.146. The minimum Gasteiger partial charge on any atom is -0.490 e.